The van der Waals surface area contributed by atoms with Crippen LogP contribution < -0.4 is 10.6 Å². The topological polar surface area (TPSA) is 84.5 Å². The van der Waals surface area contributed by atoms with Gasteiger partial charge in [0.25, 0.3) is 5.91 Å². The number of ether oxygens (including phenoxy) is 1. The number of fused-ring (bicyclic) bond motifs is 1. The fraction of sp³-hybridized carbons (Fsp3) is 0.250. The number of carbonyl (C=O) groups excluding carboxylic acids is 3. The lowest BCUT2D eigenvalue weighted by Crippen LogP contribution is -2.41. The van der Waals surface area contributed by atoms with Gasteiger partial charge in [0.2, 0.25) is 0 Å². The molecule has 0 fully saturated rings. The van der Waals surface area contributed by atoms with Crippen LogP contribution in [-0.4, -0.2) is 24.5 Å². The number of nitrogens with one attached hydrogen (secondary N) is 2. The van der Waals surface area contributed by atoms with E-state index in [4.69, 9.17) is 4.74 Å². The first-order valence-electron chi connectivity index (χ1n) is 8.52. The van der Waals surface area contributed by atoms with Crippen molar-refractivity contribution in [1.29, 1.82) is 0 Å². The molecule has 2 aromatic carbocycles. The molecule has 26 heavy (non-hydrogen) atoms. The maximum absolute atomic E-state index is 12.0. The van der Waals surface area contributed by atoms with Crippen LogP contribution in [0.1, 0.15) is 33.5 Å². The lowest BCUT2D eigenvalue weighted by molar-refractivity contribution is -0.123. The summed E-state index contributed by atoms with van der Waals surface area (Å²) in [5.74, 6) is -1.25. The normalized spacial score (nSPS) is 12.2. The first kappa shape index (κ1) is 17.7. The van der Waals surface area contributed by atoms with Crippen molar-refractivity contribution in [2.75, 3.05) is 6.61 Å². The Morgan fingerprint density at radius 1 is 0.962 bits per heavy atom. The molecule has 134 valence electrons. The van der Waals surface area contributed by atoms with Crippen LogP contribution in [0.25, 0.3) is 0 Å². The molecule has 0 heterocycles. The quantitative estimate of drug-likeness (QED) is 0.809. The highest BCUT2D eigenvalue weighted by Gasteiger charge is 2.16. The first-order chi connectivity index (χ1) is 12.6. The van der Waals surface area contributed by atoms with Crippen molar-refractivity contribution in [3.63, 3.8) is 0 Å². The summed E-state index contributed by atoms with van der Waals surface area (Å²) in [6.45, 7) is -0.205. The van der Waals surface area contributed by atoms with E-state index >= 15 is 0 Å². The minimum atomic E-state index is -0.676. The van der Waals surface area contributed by atoms with E-state index in [-0.39, 0.29) is 0 Å². The summed E-state index contributed by atoms with van der Waals surface area (Å²) in [4.78, 5) is 35.5. The third-order valence-electron chi connectivity index (χ3n) is 4.22. The molecule has 0 bridgehead atoms. The van der Waals surface area contributed by atoms with Crippen LogP contribution in [0.15, 0.2) is 48.5 Å². The molecule has 0 saturated carbocycles. The molecule has 6 nitrogen and oxygen atoms in total. The molecule has 1 aliphatic rings. The number of esters is 1. The Bertz CT molecular complexity index is 818. The Hall–Kier alpha value is -3.15. The molecular formula is C20H20N2O4. The first-order valence-corrected chi connectivity index (χ1v) is 8.52. The maximum Gasteiger partial charge on any atom is 0.338 e. The van der Waals surface area contributed by atoms with E-state index in [1.807, 2.05) is 42.5 Å². The molecule has 0 aromatic heterocycles. The second-order valence-electron chi connectivity index (χ2n) is 6.13. The fourth-order valence-electron chi connectivity index (χ4n) is 2.90. The Balaban J connectivity index is 1.42. The molecule has 0 atom stereocenters. The molecule has 0 aliphatic heterocycles. The van der Waals surface area contributed by atoms with Crippen LogP contribution in [-0.2, 0) is 28.9 Å². The Morgan fingerprint density at radius 2 is 1.73 bits per heavy atom. The van der Waals surface area contributed by atoms with Gasteiger partial charge in [0.15, 0.2) is 6.61 Å². The van der Waals surface area contributed by atoms with Crippen LogP contribution >= 0.6 is 0 Å². The van der Waals surface area contributed by atoms with Crippen molar-refractivity contribution in [1.82, 2.24) is 10.6 Å². The van der Waals surface area contributed by atoms with Gasteiger partial charge >= 0.3 is 12.0 Å². The standard InChI is InChI=1S/C20H20N2O4/c23-18(22-20(25)21-12-14-5-2-1-3-6-14)13-26-19(24)17-10-9-15-7-4-8-16(15)11-17/h1-3,5-6,9-11H,4,7-8,12-13H2,(H2,21,22,23,25). The van der Waals surface area contributed by atoms with Crippen molar-refractivity contribution in [3.8, 4) is 0 Å². The predicted molar refractivity (Wildman–Crippen MR) is 95.6 cm³/mol. The van der Waals surface area contributed by atoms with Gasteiger partial charge in [-0.1, -0.05) is 36.4 Å². The number of imide groups is 1. The molecule has 3 rings (SSSR count). The largest absolute Gasteiger partial charge is 0.452 e. The van der Waals surface area contributed by atoms with Crippen molar-refractivity contribution in [3.05, 3.63) is 70.8 Å². The van der Waals surface area contributed by atoms with E-state index in [0.29, 0.717) is 12.1 Å². The minimum Gasteiger partial charge on any atom is -0.452 e. The van der Waals surface area contributed by atoms with Crippen LogP contribution in [0.2, 0.25) is 0 Å². The van der Waals surface area contributed by atoms with Crippen LogP contribution in [0, 0.1) is 0 Å². The van der Waals surface area contributed by atoms with Gasteiger partial charge in [0.05, 0.1) is 5.56 Å². The third kappa shape index (κ3) is 4.69. The van der Waals surface area contributed by atoms with Crippen molar-refractivity contribution in [2.24, 2.45) is 0 Å². The number of hydrogen-bond donors (Lipinski definition) is 2. The Kier molecular flexibility index (Phi) is 5.63. The predicted octanol–water partition coefficient (Wildman–Crippen LogP) is 2.36. The molecule has 0 spiro atoms. The summed E-state index contributed by atoms with van der Waals surface area (Å²) in [5.41, 5.74) is 3.75. The summed E-state index contributed by atoms with van der Waals surface area (Å²) >= 11 is 0. The number of hydrogen-bond acceptors (Lipinski definition) is 4. The average molecular weight is 352 g/mol. The van der Waals surface area contributed by atoms with E-state index in [0.717, 1.165) is 30.4 Å². The molecule has 0 saturated heterocycles. The molecule has 0 radical (unpaired) electrons. The summed E-state index contributed by atoms with van der Waals surface area (Å²) in [6, 6.07) is 14.1. The van der Waals surface area contributed by atoms with Crippen molar-refractivity contribution >= 4 is 17.9 Å². The van der Waals surface area contributed by atoms with Gasteiger partial charge in [0.1, 0.15) is 0 Å². The molecule has 3 amide bonds. The third-order valence-corrected chi connectivity index (χ3v) is 4.22. The smallest absolute Gasteiger partial charge is 0.338 e. The van der Waals surface area contributed by atoms with E-state index in [9.17, 15) is 14.4 Å². The van der Waals surface area contributed by atoms with E-state index in [1.165, 1.54) is 5.56 Å². The Morgan fingerprint density at radius 3 is 2.54 bits per heavy atom. The lowest BCUT2D eigenvalue weighted by atomic mass is 10.1. The average Bonchev–Trinajstić information content (AvgIpc) is 3.13. The van der Waals surface area contributed by atoms with Gasteiger partial charge in [-0.3, -0.25) is 10.1 Å². The van der Waals surface area contributed by atoms with Crippen LogP contribution in [0.4, 0.5) is 4.79 Å². The number of carbonyl (C=O) groups is 3. The fourth-order valence-corrected chi connectivity index (χ4v) is 2.90. The van der Waals surface area contributed by atoms with Gasteiger partial charge in [-0.25, -0.2) is 9.59 Å². The van der Waals surface area contributed by atoms with E-state index in [2.05, 4.69) is 10.6 Å². The Labute approximate surface area is 151 Å². The van der Waals surface area contributed by atoms with Gasteiger partial charge in [-0.15, -0.1) is 0 Å². The molecule has 2 N–H and O–H groups in total. The van der Waals surface area contributed by atoms with Gasteiger partial charge in [-0.05, 0) is 48.1 Å². The molecule has 1 aliphatic carbocycles. The minimum absolute atomic E-state index is 0.300. The summed E-state index contributed by atoms with van der Waals surface area (Å²) in [6.07, 6.45) is 3.08. The maximum atomic E-state index is 12.0. The van der Waals surface area contributed by atoms with Gasteiger partial charge < -0.3 is 10.1 Å². The van der Waals surface area contributed by atoms with Crippen LogP contribution in [0.5, 0.6) is 0 Å². The van der Waals surface area contributed by atoms with E-state index in [1.54, 1.807) is 6.07 Å². The number of aryl methyl sites for hydroxylation is 2. The molecular weight excluding hydrogens is 332 g/mol. The van der Waals surface area contributed by atoms with Crippen LogP contribution in [0.3, 0.4) is 0 Å². The molecule has 6 heteroatoms. The summed E-state index contributed by atoms with van der Waals surface area (Å²) < 4.78 is 4.98. The number of amides is 3. The molecule has 2 aromatic rings. The zero-order valence-electron chi connectivity index (χ0n) is 14.3. The van der Waals surface area contributed by atoms with Gasteiger partial charge in [0, 0.05) is 6.54 Å². The highest BCUT2D eigenvalue weighted by Crippen LogP contribution is 2.23. The monoisotopic (exact) mass is 352 g/mol. The number of urea groups is 1. The van der Waals surface area contributed by atoms with Gasteiger partial charge in [-0.2, -0.15) is 0 Å². The number of rotatable bonds is 5. The second-order valence-corrected chi connectivity index (χ2v) is 6.13. The lowest BCUT2D eigenvalue weighted by Gasteiger charge is -2.08. The SMILES string of the molecule is O=C(COC(=O)c1ccc2c(c1)CCC2)NC(=O)NCc1ccccc1. The zero-order valence-corrected chi connectivity index (χ0v) is 14.3. The highest BCUT2D eigenvalue weighted by molar-refractivity contribution is 5.97. The van der Waals surface area contributed by atoms with Crippen molar-refractivity contribution < 1.29 is 19.1 Å². The summed E-state index contributed by atoms with van der Waals surface area (Å²) in [5, 5.41) is 4.70. The number of benzene rings is 2. The molecule has 0 unspecified atom stereocenters. The highest BCUT2D eigenvalue weighted by atomic mass is 16.5. The zero-order chi connectivity index (χ0) is 18.4. The van der Waals surface area contributed by atoms with E-state index < -0.39 is 24.5 Å². The second kappa shape index (κ2) is 8.29. The van der Waals surface area contributed by atoms with Crippen molar-refractivity contribution in [2.45, 2.75) is 25.8 Å². The summed E-state index contributed by atoms with van der Waals surface area (Å²) in [7, 11) is 0.